The number of pyridine rings is 1. The Morgan fingerprint density at radius 3 is 2.58 bits per heavy atom. The van der Waals surface area contributed by atoms with E-state index in [4.69, 9.17) is 4.74 Å². The molecule has 1 aliphatic rings. The molecule has 0 spiro atoms. The van der Waals surface area contributed by atoms with E-state index in [2.05, 4.69) is 10.6 Å². The molecule has 0 aliphatic carbocycles. The summed E-state index contributed by atoms with van der Waals surface area (Å²) in [4.78, 5) is 40.0. The summed E-state index contributed by atoms with van der Waals surface area (Å²) < 4.78 is 8.06. The van der Waals surface area contributed by atoms with E-state index in [-0.39, 0.29) is 29.8 Å². The maximum absolute atomic E-state index is 13.6. The van der Waals surface area contributed by atoms with E-state index in [1.165, 1.54) is 15.9 Å². The van der Waals surface area contributed by atoms with Crippen LogP contribution in [0, 0.1) is 0 Å². The summed E-state index contributed by atoms with van der Waals surface area (Å²) in [6.45, 7) is 5.80. The number of piperidine rings is 1. The lowest BCUT2D eigenvalue weighted by Gasteiger charge is -2.23. The van der Waals surface area contributed by atoms with Gasteiger partial charge in [0.25, 0.3) is 11.5 Å². The predicted molar refractivity (Wildman–Crippen MR) is 131 cm³/mol. The molecule has 0 radical (unpaired) electrons. The van der Waals surface area contributed by atoms with Crippen LogP contribution in [0.25, 0.3) is 10.1 Å². The van der Waals surface area contributed by atoms with Crippen LogP contribution in [0.5, 0.6) is 5.75 Å². The second-order valence-corrected chi connectivity index (χ2v) is 9.15. The van der Waals surface area contributed by atoms with Crippen LogP contribution in [0.15, 0.2) is 41.2 Å². The Labute approximate surface area is 196 Å². The number of ether oxygens (including phenoxy) is 1. The lowest BCUT2D eigenvalue weighted by molar-refractivity contribution is 0.0928. The number of carbonyl (C=O) groups excluding carboxylic acids is 2. The highest BCUT2D eigenvalue weighted by molar-refractivity contribution is 7.21. The van der Waals surface area contributed by atoms with Crippen molar-refractivity contribution in [3.8, 4) is 5.75 Å². The van der Waals surface area contributed by atoms with Crippen LogP contribution >= 0.6 is 11.3 Å². The van der Waals surface area contributed by atoms with Crippen LogP contribution in [0.1, 0.15) is 52.4 Å². The first-order valence-corrected chi connectivity index (χ1v) is 12.3. The van der Waals surface area contributed by atoms with Crippen molar-refractivity contribution in [3.05, 3.63) is 62.9 Å². The van der Waals surface area contributed by atoms with Gasteiger partial charge in [0, 0.05) is 22.0 Å². The molecule has 2 aromatic heterocycles. The van der Waals surface area contributed by atoms with Gasteiger partial charge in [-0.2, -0.15) is 0 Å². The van der Waals surface area contributed by atoms with E-state index in [9.17, 15) is 14.4 Å². The van der Waals surface area contributed by atoms with Crippen LogP contribution in [0.3, 0.4) is 0 Å². The number of hydrogen-bond acceptors (Lipinski definition) is 6. The van der Waals surface area contributed by atoms with E-state index >= 15 is 0 Å². The van der Waals surface area contributed by atoms with Crippen LogP contribution in [0.4, 0.5) is 0 Å². The van der Waals surface area contributed by atoms with Crippen molar-refractivity contribution in [1.29, 1.82) is 0 Å². The minimum absolute atomic E-state index is 0.0556. The average Bonchev–Trinajstić information content (AvgIpc) is 3.20. The molecule has 1 aliphatic heterocycles. The molecule has 0 saturated carbocycles. The number of carbonyl (C=O) groups is 2. The second kappa shape index (κ2) is 10.3. The van der Waals surface area contributed by atoms with Crippen molar-refractivity contribution in [2.45, 2.75) is 45.7 Å². The van der Waals surface area contributed by atoms with Crippen LogP contribution < -0.4 is 20.9 Å². The molecule has 3 heterocycles. The topological polar surface area (TPSA) is 89.4 Å². The molecule has 4 rings (SSSR count). The van der Waals surface area contributed by atoms with Gasteiger partial charge < -0.3 is 19.9 Å². The van der Waals surface area contributed by atoms with E-state index in [1.54, 1.807) is 24.3 Å². The van der Waals surface area contributed by atoms with Gasteiger partial charge in [-0.1, -0.05) is 37.3 Å². The Kier molecular flexibility index (Phi) is 7.25. The zero-order chi connectivity index (χ0) is 23.4. The SMILES string of the molecule is CCOc1c(C(=O)NC2CCNCC2)sc2cc(CC)n(CC(=O)c3ccccc3)c(=O)c12. The molecule has 7 nitrogen and oxygen atoms in total. The Bertz CT molecular complexity index is 1210. The van der Waals surface area contributed by atoms with Crippen LogP contribution in [-0.2, 0) is 13.0 Å². The zero-order valence-corrected chi connectivity index (χ0v) is 19.8. The lowest BCUT2D eigenvalue weighted by atomic mass is 10.1. The highest BCUT2D eigenvalue weighted by atomic mass is 32.1. The zero-order valence-electron chi connectivity index (χ0n) is 19.0. The standard InChI is InChI=1S/C25H29N3O4S/c1-3-18-14-20-21(25(31)28(18)15-19(29)16-8-6-5-7-9-16)22(32-4-2)23(33-20)24(30)27-17-10-12-26-13-11-17/h5-9,14,17,26H,3-4,10-13,15H2,1-2H3,(H,27,30). The van der Waals surface area contributed by atoms with E-state index in [1.807, 2.05) is 26.0 Å². The molecule has 1 amide bonds. The Hall–Kier alpha value is -2.97. The van der Waals surface area contributed by atoms with Gasteiger partial charge in [0.15, 0.2) is 11.5 Å². The fourth-order valence-corrected chi connectivity index (χ4v) is 5.31. The molecule has 3 aromatic rings. The molecule has 0 bridgehead atoms. The fourth-order valence-electron chi connectivity index (χ4n) is 4.21. The first-order valence-electron chi connectivity index (χ1n) is 11.4. The number of benzene rings is 1. The quantitative estimate of drug-likeness (QED) is 0.496. The van der Waals surface area contributed by atoms with Gasteiger partial charge in [0.2, 0.25) is 0 Å². The van der Waals surface area contributed by atoms with Crippen LogP contribution in [-0.4, -0.2) is 42.0 Å². The minimum Gasteiger partial charge on any atom is -0.491 e. The van der Waals surface area contributed by atoms with Crippen LogP contribution in [0.2, 0.25) is 0 Å². The summed E-state index contributed by atoms with van der Waals surface area (Å²) in [6.07, 6.45) is 2.33. The summed E-state index contributed by atoms with van der Waals surface area (Å²) in [7, 11) is 0. The Morgan fingerprint density at radius 1 is 1.18 bits per heavy atom. The molecule has 33 heavy (non-hydrogen) atoms. The van der Waals surface area contributed by atoms with Gasteiger partial charge in [0.05, 0.1) is 13.2 Å². The van der Waals surface area contributed by atoms with Gasteiger partial charge in [-0.15, -0.1) is 11.3 Å². The molecule has 1 aromatic carbocycles. The van der Waals surface area contributed by atoms with Gasteiger partial charge in [-0.3, -0.25) is 14.4 Å². The molecule has 0 unspecified atom stereocenters. The molecular weight excluding hydrogens is 438 g/mol. The number of rotatable bonds is 8. The molecular formula is C25H29N3O4S. The van der Waals surface area contributed by atoms with Crippen molar-refractivity contribution in [2.24, 2.45) is 0 Å². The summed E-state index contributed by atoms with van der Waals surface area (Å²) in [6, 6.07) is 11.0. The summed E-state index contributed by atoms with van der Waals surface area (Å²) in [5, 5.41) is 6.76. The third-order valence-corrected chi connectivity index (χ3v) is 7.04. The monoisotopic (exact) mass is 467 g/mol. The van der Waals surface area contributed by atoms with E-state index in [0.29, 0.717) is 39.3 Å². The largest absolute Gasteiger partial charge is 0.491 e. The van der Waals surface area contributed by atoms with Crippen molar-refractivity contribution < 1.29 is 14.3 Å². The number of aromatic nitrogens is 1. The number of nitrogens with one attached hydrogen (secondary N) is 2. The van der Waals surface area contributed by atoms with Crippen molar-refractivity contribution in [3.63, 3.8) is 0 Å². The Balaban J connectivity index is 1.75. The first-order chi connectivity index (χ1) is 16.0. The first kappa shape index (κ1) is 23.2. The number of hydrogen-bond donors (Lipinski definition) is 2. The molecule has 1 saturated heterocycles. The maximum atomic E-state index is 13.6. The van der Waals surface area contributed by atoms with Gasteiger partial charge >= 0.3 is 0 Å². The molecule has 174 valence electrons. The molecule has 8 heteroatoms. The average molecular weight is 468 g/mol. The van der Waals surface area contributed by atoms with Gasteiger partial charge in [0.1, 0.15) is 10.3 Å². The van der Waals surface area contributed by atoms with Crippen molar-refractivity contribution in [1.82, 2.24) is 15.2 Å². The molecule has 1 fully saturated rings. The number of Topliss-reactive ketones (excluding diaryl/α,β-unsaturated/α-hetero) is 1. The highest BCUT2D eigenvalue weighted by Crippen LogP contribution is 2.36. The van der Waals surface area contributed by atoms with Crippen molar-refractivity contribution >= 4 is 33.1 Å². The number of aryl methyl sites for hydroxylation is 1. The van der Waals surface area contributed by atoms with Gasteiger partial charge in [-0.05, 0) is 45.3 Å². The summed E-state index contributed by atoms with van der Waals surface area (Å²) >= 11 is 1.28. The number of thiophene rings is 1. The smallest absolute Gasteiger partial charge is 0.265 e. The number of ketones is 1. The third kappa shape index (κ3) is 4.86. The maximum Gasteiger partial charge on any atom is 0.265 e. The predicted octanol–water partition coefficient (Wildman–Crippen LogP) is 3.39. The van der Waals surface area contributed by atoms with E-state index in [0.717, 1.165) is 31.6 Å². The normalized spacial score (nSPS) is 14.4. The number of nitrogens with zero attached hydrogens (tertiary/aromatic N) is 1. The molecule has 2 N–H and O–H groups in total. The summed E-state index contributed by atoms with van der Waals surface area (Å²) in [5.41, 5.74) is 1.02. The lowest BCUT2D eigenvalue weighted by Crippen LogP contribution is -2.42. The second-order valence-electron chi connectivity index (χ2n) is 8.10. The van der Waals surface area contributed by atoms with Crippen molar-refractivity contribution in [2.75, 3.05) is 19.7 Å². The Morgan fingerprint density at radius 2 is 1.91 bits per heavy atom. The molecule has 0 atom stereocenters. The highest BCUT2D eigenvalue weighted by Gasteiger charge is 2.26. The fraction of sp³-hybridized carbons (Fsp3) is 0.400. The number of amides is 1. The summed E-state index contributed by atoms with van der Waals surface area (Å²) in [5.74, 6) is -0.0304. The number of fused-ring (bicyclic) bond motifs is 1. The van der Waals surface area contributed by atoms with E-state index < -0.39 is 0 Å². The third-order valence-electron chi connectivity index (χ3n) is 5.92. The minimum atomic E-state index is -0.297. The van der Waals surface area contributed by atoms with Gasteiger partial charge in [-0.25, -0.2) is 0 Å².